The van der Waals surface area contributed by atoms with Crippen LogP contribution in [0.25, 0.3) is 0 Å². The molecule has 1 N–H and O–H groups in total. The minimum absolute atomic E-state index is 0.178. The number of carbonyl (C=O) groups is 1. The highest BCUT2D eigenvalue weighted by molar-refractivity contribution is 8.15. The molecule has 0 saturated heterocycles. The molecule has 4 heteroatoms. The summed E-state index contributed by atoms with van der Waals surface area (Å²) < 4.78 is 0. The molecule has 0 rings (SSSR count). The molecule has 0 amide bonds. The number of aliphatic carboxylic acids is 1. The van der Waals surface area contributed by atoms with Crippen LogP contribution in [0.15, 0.2) is 4.99 Å². The maximum absolute atomic E-state index is 10.2. The van der Waals surface area contributed by atoms with Gasteiger partial charge in [-0.2, -0.15) is 0 Å². The standard InChI is InChI=1S/C5H9NO2S/c1-3-6-4(9-2)5(7)8/h3H2,1-2H3,(H,7,8). The van der Waals surface area contributed by atoms with Crippen molar-refractivity contribution in [2.75, 3.05) is 12.8 Å². The highest BCUT2D eigenvalue weighted by Crippen LogP contribution is 1.97. The lowest BCUT2D eigenvalue weighted by Crippen LogP contribution is -2.08. The van der Waals surface area contributed by atoms with E-state index < -0.39 is 5.97 Å². The van der Waals surface area contributed by atoms with E-state index in [-0.39, 0.29) is 5.04 Å². The number of hydrogen-bond acceptors (Lipinski definition) is 3. The van der Waals surface area contributed by atoms with Gasteiger partial charge in [-0.3, -0.25) is 4.99 Å². The van der Waals surface area contributed by atoms with E-state index in [0.717, 1.165) is 11.8 Å². The van der Waals surface area contributed by atoms with Crippen LogP contribution in [0.2, 0.25) is 0 Å². The predicted molar refractivity (Wildman–Crippen MR) is 39.1 cm³/mol. The number of carboxylic acids is 1. The van der Waals surface area contributed by atoms with Crippen molar-refractivity contribution in [3.63, 3.8) is 0 Å². The van der Waals surface area contributed by atoms with Crippen molar-refractivity contribution in [1.82, 2.24) is 0 Å². The third kappa shape index (κ3) is 3.13. The minimum atomic E-state index is -0.940. The Kier molecular flexibility index (Phi) is 4.13. The molecule has 0 aromatic rings. The van der Waals surface area contributed by atoms with E-state index in [0.29, 0.717) is 6.54 Å². The molecule has 3 nitrogen and oxygen atoms in total. The molecular formula is C5H9NO2S. The zero-order chi connectivity index (χ0) is 7.28. The van der Waals surface area contributed by atoms with Crippen molar-refractivity contribution < 1.29 is 9.90 Å². The van der Waals surface area contributed by atoms with Crippen LogP contribution in [0, 0.1) is 0 Å². The second-order valence-electron chi connectivity index (χ2n) is 1.29. The molecule has 0 aromatic heterocycles. The Hall–Kier alpha value is -0.510. The summed E-state index contributed by atoms with van der Waals surface area (Å²) >= 11 is 1.15. The van der Waals surface area contributed by atoms with E-state index in [2.05, 4.69) is 4.99 Å². The van der Waals surface area contributed by atoms with E-state index in [9.17, 15) is 4.79 Å². The third-order valence-electron chi connectivity index (χ3n) is 0.678. The van der Waals surface area contributed by atoms with Crippen molar-refractivity contribution in [2.45, 2.75) is 6.92 Å². The van der Waals surface area contributed by atoms with Crippen molar-refractivity contribution in [3.05, 3.63) is 0 Å². The first-order valence-electron chi connectivity index (χ1n) is 2.54. The summed E-state index contributed by atoms with van der Waals surface area (Å²) in [5.41, 5.74) is 0. The molecule has 0 aromatic carbocycles. The van der Waals surface area contributed by atoms with Gasteiger partial charge in [0.2, 0.25) is 0 Å². The summed E-state index contributed by atoms with van der Waals surface area (Å²) in [6.45, 7) is 2.33. The van der Waals surface area contributed by atoms with Crippen molar-refractivity contribution in [2.24, 2.45) is 4.99 Å². The lowest BCUT2D eigenvalue weighted by Gasteiger charge is -1.91. The number of carboxylic acid groups (broad SMARTS) is 1. The minimum Gasteiger partial charge on any atom is -0.476 e. The first-order chi connectivity index (χ1) is 4.22. The fraction of sp³-hybridized carbons (Fsp3) is 0.600. The van der Waals surface area contributed by atoms with Crippen LogP contribution >= 0.6 is 11.8 Å². The first-order valence-corrected chi connectivity index (χ1v) is 3.76. The number of hydrogen-bond donors (Lipinski definition) is 1. The molecule has 0 spiro atoms. The molecule has 0 radical (unpaired) electrons. The van der Waals surface area contributed by atoms with Crippen LogP contribution in [0.3, 0.4) is 0 Å². The third-order valence-corrected chi connectivity index (χ3v) is 1.37. The van der Waals surface area contributed by atoms with Crippen LogP contribution in [0.5, 0.6) is 0 Å². The number of thioether (sulfide) groups is 1. The summed E-state index contributed by atoms with van der Waals surface area (Å²) in [7, 11) is 0. The normalized spacial score (nSPS) is 11.6. The summed E-state index contributed by atoms with van der Waals surface area (Å²) in [5.74, 6) is -0.940. The summed E-state index contributed by atoms with van der Waals surface area (Å²) in [6, 6.07) is 0. The van der Waals surface area contributed by atoms with Gasteiger partial charge in [0.1, 0.15) is 0 Å². The SMILES string of the molecule is CCN=C(SC)C(=O)O. The van der Waals surface area contributed by atoms with Gasteiger partial charge in [-0.15, -0.1) is 11.8 Å². The van der Waals surface area contributed by atoms with Crippen LogP contribution in [0.1, 0.15) is 6.92 Å². The zero-order valence-corrected chi connectivity index (χ0v) is 6.23. The van der Waals surface area contributed by atoms with E-state index in [1.54, 1.807) is 13.2 Å². The highest BCUT2D eigenvalue weighted by atomic mass is 32.2. The Morgan fingerprint density at radius 1 is 1.78 bits per heavy atom. The van der Waals surface area contributed by atoms with Crippen LogP contribution < -0.4 is 0 Å². The Morgan fingerprint density at radius 2 is 2.33 bits per heavy atom. The van der Waals surface area contributed by atoms with Crippen molar-refractivity contribution >= 4 is 22.8 Å². The van der Waals surface area contributed by atoms with Gasteiger partial charge in [0, 0.05) is 6.54 Å². The second kappa shape index (κ2) is 4.38. The Bertz CT molecular complexity index is 133. The number of rotatable bonds is 1. The quantitative estimate of drug-likeness (QED) is 0.442. The molecular weight excluding hydrogens is 138 g/mol. The van der Waals surface area contributed by atoms with E-state index >= 15 is 0 Å². The maximum Gasteiger partial charge on any atom is 0.360 e. The van der Waals surface area contributed by atoms with Gasteiger partial charge in [-0.05, 0) is 13.2 Å². The van der Waals surface area contributed by atoms with Crippen LogP contribution in [-0.4, -0.2) is 28.9 Å². The molecule has 0 aliphatic heterocycles. The second-order valence-corrected chi connectivity index (χ2v) is 2.08. The lowest BCUT2D eigenvalue weighted by molar-refractivity contribution is -0.129. The van der Waals surface area contributed by atoms with Gasteiger partial charge in [0.05, 0.1) is 0 Å². The summed E-state index contributed by atoms with van der Waals surface area (Å²) in [6.07, 6.45) is 1.70. The largest absolute Gasteiger partial charge is 0.476 e. The lowest BCUT2D eigenvalue weighted by atomic mass is 10.7. The highest BCUT2D eigenvalue weighted by Gasteiger charge is 2.04. The Balaban J connectivity index is 3.98. The predicted octanol–water partition coefficient (Wildman–Crippen LogP) is 0.852. The van der Waals surface area contributed by atoms with E-state index in [1.807, 2.05) is 0 Å². The van der Waals surface area contributed by atoms with Gasteiger partial charge >= 0.3 is 5.97 Å². The Labute approximate surface area is 58.2 Å². The summed E-state index contributed by atoms with van der Waals surface area (Å²) in [5, 5.41) is 8.53. The number of nitrogens with zero attached hydrogens (tertiary/aromatic N) is 1. The first kappa shape index (κ1) is 8.49. The monoisotopic (exact) mass is 147 g/mol. The van der Waals surface area contributed by atoms with Gasteiger partial charge in [-0.1, -0.05) is 0 Å². The molecule has 0 bridgehead atoms. The number of aliphatic imine (C=N–C) groups is 1. The van der Waals surface area contributed by atoms with Crippen molar-refractivity contribution in [1.29, 1.82) is 0 Å². The average Bonchev–Trinajstić information content (AvgIpc) is 1.82. The zero-order valence-electron chi connectivity index (χ0n) is 5.42. The molecule has 52 valence electrons. The molecule has 0 atom stereocenters. The Morgan fingerprint density at radius 3 is 2.44 bits per heavy atom. The van der Waals surface area contributed by atoms with Gasteiger partial charge < -0.3 is 5.11 Å². The smallest absolute Gasteiger partial charge is 0.360 e. The fourth-order valence-electron chi connectivity index (χ4n) is 0.363. The molecule has 0 aliphatic carbocycles. The molecule has 0 fully saturated rings. The molecule has 0 unspecified atom stereocenters. The van der Waals surface area contributed by atoms with Crippen LogP contribution in [-0.2, 0) is 4.79 Å². The molecule has 0 aliphatic rings. The van der Waals surface area contributed by atoms with Gasteiger partial charge in [0.15, 0.2) is 5.04 Å². The molecule has 0 saturated carbocycles. The maximum atomic E-state index is 10.2. The van der Waals surface area contributed by atoms with Gasteiger partial charge in [0.25, 0.3) is 0 Å². The fourth-order valence-corrected chi connectivity index (χ4v) is 0.796. The van der Waals surface area contributed by atoms with Crippen LogP contribution in [0.4, 0.5) is 0 Å². The van der Waals surface area contributed by atoms with E-state index in [1.165, 1.54) is 0 Å². The molecule has 0 heterocycles. The van der Waals surface area contributed by atoms with E-state index in [4.69, 9.17) is 5.11 Å². The molecule has 9 heavy (non-hydrogen) atoms. The topological polar surface area (TPSA) is 49.7 Å². The van der Waals surface area contributed by atoms with Crippen molar-refractivity contribution in [3.8, 4) is 0 Å². The average molecular weight is 147 g/mol. The van der Waals surface area contributed by atoms with Gasteiger partial charge in [-0.25, -0.2) is 4.79 Å². The summed E-state index contributed by atoms with van der Waals surface area (Å²) in [4.78, 5) is 13.9.